The molecule has 134 valence electrons. The molecular formula is C17H24N6O2. The highest BCUT2D eigenvalue weighted by Gasteiger charge is 2.30. The molecule has 0 aromatic carbocycles. The third kappa shape index (κ3) is 4.21. The smallest absolute Gasteiger partial charge is 0.248 e. The number of hydrogen-bond donors (Lipinski definition) is 0. The van der Waals surface area contributed by atoms with Gasteiger partial charge in [0.05, 0.1) is 18.0 Å². The van der Waals surface area contributed by atoms with E-state index >= 15 is 0 Å². The van der Waals surface area contributed by atoms with Gasteiger partial charge in [-0.3, -0.25) is 19.4 Å². The predicted octanol–water partition coefficient (Wildman–Crippen LogP) is 0.414. The molecule has 2 aromatic rings. The molecule has 8 heteroatoms. The first-order valence-corrected chi connectivity index (χ1v) is 8.33. The molecular weight excluding hydrogens is 320 g/mol. The van der Waals surface area contributed by atoms with Gasteiger partial charge in [-0.05, 0) is 12.1 Å². The minimum absolute atomic E-state index is 0.0375. The first kappa shape index (κ1) is 17.5. The van der Waals surface area contributed by atoms with Gasteiger partial charge in [-0.1, -0.05) is 11.3 Å². The lowest BCUT2D eigenvalue weighted by atomic mass is 9.99. The van der Waals surface area contributed by atoms with E-state index in [1.807, 2.05) is 29.9 Å². The van der Waals surface area contributed by atoms with Crippen molar-refractivity contribution in [3.8, 4) is 0 Å². The maximum atomic E-state index is 11.7. The van der Waals surface area contributed by atoms with Crippen LogP contribution >= 0.6 is 0 Å². The van der Waals surface area contributed by atoms with Crippen LogP contribution in [0.5, 0.6) is 0 Å². The largest absolute Gasteiger partial charge is 0.371 e. The van der Waals surface area contributed by atoms with Gasteiger partial charge in [-0.2, -0.15) is 0 Å². The van der Waals surface area contributed by atoms with E-state index in [9.17, 15) is 4.79 Å². The first-order valence-electron chi connectivity index (χ1n) is 8.33. The molecule has 0 saturated carbocycles. The second-order valence-electron chi connectivity index (χ2n) is 6.54. The number of ether oxygens (including phenoxy) is 1. The van der Waals surface area contributed by atoms with Crippen LogP contribution in [0.15, 0.2) is 24.4 Å². The first-order chi connectivity index (χ1) is 12.0. The normalized spacial score (nSPS) is 17.3. The van der Waals surface area contributed by atoms with Crippen molar-refractivity contribution in [2.75, 3.05) is 33.9 Å². The fraction of sp³-hybridized carbons (Fsp3) is 0.529. The summed E-state index contributed by atoms with van der Waals surface area (Å²) in [5, 5.41) is 8.45. The third-order valence-electron chi connectivity index (χ3n) is 4.34. The number of aryl methyl sites for hydroxylation is 1. The van der Waals surface area contributed by atoms with Gasteiger partial charge in [0.2, 0.25) is 5.91 Å². The van der Waals surface area contributed by atoms with Crippen molar-refractivity contribution >= 4 is 5.91 Å². The van der Waals surface area contributed by atoms with Crippen LogP contribution in [0.2, 0.25) is 0 Å². The number of likely N-dealkylation sites (N-methyl/N-ethyl adjacent to an activating group) is 1. The summed E-state index contributed by atoms with van der Waals surface area (Å²) in [6.45, 7) is 2.87. The van der Waals surface area contributed by atoms with Crippen LogP contribution in [-0.4, -0.2) is 69.5 Å². The molecule has 0 N–H and O–H groups in total. The summed E-state index contributed by atoms with van der Waals surface area (Å²) >= 11 is 0. The van der Waals surface area contributed by atoms with Crippen molar-refractivity contribution < 1.29 is 9.53 Å². The molecule has 0 bridgehead atoms. The summed E-state index contributed by atoms with van der Waals surface area (Å²) in [6, 6.07) is 5.93. The monoisotopic (exact) mass is 344 g/mol. The Labute approximate surface area is 147 Å². The lowest BCUT2D eigenvalue weighted by molar-refractivity contribution is -0.133. The van der Waals surface area contributed by atoms with Crippen LogP contribution in [0, 0.1) is 0 Å². The zero-order valence-electron chi connectivity index (χ0n) is 14.9. The van der Waals surface area contributed by atoms with Crippen LogP contribution in [0.3, 0.4) is 0 Å². The number of carbonyl (C=O) groups excluding carboxylic acids is 1. The number of aromatic nitrogens is 4. The van der Waals surface area contributed by atoms with E-state index in [2.05, 4.69) is 20.2 Å². The number of rotatable bonds is 6. The van der Waals surface area contributed by atoms with E-state index in [1.165, 1.54) is 4.90 Å². The highest BCUT2D eigenvalue weighted by Crippen LogP contribution is 2.27. The lowest BCUT2D eigenvalue weighted by Gasteiger charge is -2.31. The summed E-state index contributed by atoms with van der Waals surface area (Å²) in [6.07, 6.45) is 1.81. The molecule has 25 heavy (non-hydrogen) atoms. The van der Waals surface area contributed by atoms with Gasteiger partial charge in [0.25, 0.3) is 0 Å². The second-order valence-corrected chi connectivity index (χ2v) is 6.54. The molecule has 1 atom stereocenters. The lowest BCUT2D eigenvalue weighted by Crippen LogP contribution is -2.37. The van der Waals surface area contributed by atoms with Crippen LogP contribution in [0.4, 0.5) is 0 Å². The Kier molecular flexibility index (Phi) is 5.40. The van der Waals surface area contributed by atoms with Crippen LogP contribution < -0.4 is 0 Å². The highest BCUT2D eigenvalue weighted by atomic mass is 16.5. The molecule has 2 aromatic heterocycles. The van der Waals surface area contributed by atoms with Crippen molar-refractivity contribution in [1.82, 2.24) is 29.8 Å². The Bertz CT molecular complexity index is 715. The summed E-state index contributed by atoms with van der Waals surface area (Å²) in [4.78, 5) is 19.9. The minimum Gasteiger partial charge on any atom is -0.371 e. The van der Waals surface area contributed by atoms with Crippen LogP contribution in [0.25, 0.3) is 0 Å². The average molecular weight is 344 g/mol. The molecule has 0 aliphatic carbocycles. The molecule has 3 heterocycles. The van der Waals surface area contributed by atoms with Gasteiger partial charge in [0.15, 0.2) is 0 Å². The Balaban J connectivity index is 1.67. The summed E-state index contributed by atoms with van der Waals surface area (Å²) < 4.78 is 7.49. The van der Waals surface area contributed by atoms with Gasteiger partial charge < -0.3 is 9.64 Å². The SMILES string of the molecule is CN(C)C(=O)COC[C@H]1CN(Cc2ccccn2)Cc2nnn(C)c21. The van der Waals surface area contributed by atoms with Crippen molar-refractivity contribution in [2.24, 2.45) is 7.05 Å². The number of pyridine rings is 1. The Morgan fingerprint density at radius 3 is 2.96 bits per heavy atom. The van der Waals surface area contributed by atoms with Crippen molar-refractivity contribution in [1.29, 1.82) is 0 Å². The molecule has 0 radical (unpaired) electrons. The van der Waals surface area contributed by atoms with E-state index in [0.29, 0.717) is 6.61 Å². The molecule has 1 aliphatic heterocycles. The molecule has 0 spiro atoms. The standard InChI is InChI=1S/C17H24N6O2/c1-21(2)16(24)12-25-11-13-8-23(9-14-6-4-5-7-18-14)10-15-17(13)22(3)20-19-15/h4-7,13H,8-12H2,1-3H3/t13-/m1/s1. The zero-order valence-corrected chi connectivity index (χ0v) is 14.9. The van der Waals surface area contributed by atoms with Crippen LogP contribution in [-0.2, 0) is 29.7 Å². The van der Waals surface area contributed by atoms with Crippen molar-refractivity contribution in [3.05, 3.63) is 41.5 Å². The van der Waals surface area contributed by atoms with E-state index < -0.39 is 0 Å². The predicted molar refractivity (Wildman–Crippen MR) is 91.6 cm³/mol. The van der Waals surface area contributed by atoms with E-state index in [4.69, 9.17) is 4.74 Å². The summed E-state index contributed by atoms with van der Waals surface area (Å²) in [7, 11) is 5.35. The number of nitrogens with zero attached hydrogens (tertiary/aromatic N) is 6. The molecule has 0 fully saturated rings. The van der Waals surface area contributed by atoms with Crippen molar-refractivity contribution in [3.63, 3.8) is 0 Å². The maximum absolute atomic E-state index is 11.7. The summed E-state index contributed by atoms with van der Waals surface area (Å²) in [5.41, 5.74) is 3.09. The van der Waals surface area contributed by atoms with Gasteiger partial charge in [0.1, 0.15) is 12.3 Å². The molecule has 0 saturated heterocycles. The van der Waals surface area contributed by atoms with Gasteiger partial charge >= 0.3 is 0 Å². The van der Waals surface area contributed by atoms with Gasteiger partial charge in [-0.15, -0.1) is 5.10 Å². The van der Waals surface area contributed by atoms with E-state index in [-0.39, 0.29) is 18.4 Å². The molecule has 1 aliphatic rings. The van der Waals surface area contributed by atoms with Gasteiger partial charge in [0, 0.05) is 52.9 Å². The van der Waals surface area contributed by atoms with E-state index in [0.717, 1.165) is 36.7 Å². The quantitative estimate of drug-likeness (QED) is 0.756. The molecule has 0 unspecified atom stereocenters. The Morgan fingerprint density at radius 1 is 1.40 bits per heavy atom. The third-order valence-corrected chi connectivity index (χ3v) is 4.34. The van der Waals surface area contributed by atoms with Crippen molar-refractivity contribution in [2.45, 2.75) is 19.0 Å². The highest BCUT2D eigenvalue weighted by molar-refractivity contribution is 5.76. The fourth-order valence-electron chi connectivity index (χ4n) is 3.08. The molecule has 1 amide bonds. The number of fused-ring (bicyclic) bond motifs is 1. The molecule has 8 nitrogen and oxygen atoms in total. The Hall–Kier alpha value is -2.32. The number of hydrogen-bond acceptors (Lipinski definition) is 6. The number of carbonyl (C=O) groups is 1. The minimum atomic E-state index is -0.0375. The van der Waals surface area contributed by atoms with E-state index in [1.54, 1.807) is 20.3 Å². The topological polar surface area (TPSA) is 76.4 Å². The molecule has 3 rings (SSSR count). The number of amides is 1. The Morgan fingerprint density at radius 2 is 2.24 bits per heavy atom. The van der Waals surface area contributed by atoms with Crippen LogP contribution in [0.1, 0.15) is 23.0 Å². The second kappa shape index (κ2) is 7.71. The van der Waals surface area contributed by atoms with Gasteiger partial charge in [-0.25, -0.2) is 0 Å². The summed E-state index contributed by atoms with van der Waals surface area (Å²) in [5.74, 6) is 0.0898. The maximum Gasteiger partial charge on any atom is 0.248 e. The zero-order chi connectivity index (χ0) is 17.8. The fourth-order valence-corrected chi connectivity index (χ4v) is 3.08. The average Bonchev–Trinajstić information content (AvgIpc) is 2.96.